The van der Waals surface area contributed by atoms with Crippen LogP contribution in [0.15, 0.2) is 53.3 Å². The molecule has 0 bridgehead atoms. The third-order valence-electron chi connectivity index (χ3n) is 2.14. The van der Waals surface area contributed by atoms with Crippen molar-refractivity contribution in [3.8, 4) is 0 Å². The zero-order chi connectivity index (χ0) is 12.8. The molecule has 2 heterocycles. The van der Waals surface area contributed by atoms with Gasteiger partial charge < -0.3 is 10.4 Å². The van der Waals surface area contributed by atoms with Crippen molar-refractivity contribution in [2.24, 2.45) is 10.3 Å². The fourth-order valence-corrected chi connectivity index (χ4v) is 1.36. The van der Waals surface area contributed by atoms with Crippen LogP contribution in [0.4, 0.5) is 0 Å². The Bertz CT molecular complexity index is 515. The maximum Gasteiger partial charge on any atom is 0.161 e. The molecule has 18 heavy (non-hydrogen) atoms. The summed E-state index contributed by atoms with van der Waals surface area (Å²) in [7, 11) is 0. The molecule has 0 aliphatic rings. The Kier molecular flexibility index (Phi) is 3.55. The normalized spacial score (nSPS) is 12.4. The maximum atomic E-state index is 9.05. The van der Waals surface area contributed by atoms with Gasteiger partial charge in [-0.2, -0.15) is 0 Å². The van der Waals surface area contributed by atoms with Crippen molar-refractivity contribution in [3.63, 3.8) is 0 Å². The van der Waals surface area contributed by atoms with Crippen molar-refractivity contribution in [2.45, 2.75) is 0 Å². The highest BCUT2D eigenvalue weighted by atomic mass is 16.4. The van der Waals surface area contributed by atoms with Crippen LogP contribution in [0.1, 0.15) is 11.4 Å². The van der Waals surface area contributed by atoms with Crippen molar-refractivity contribution in [1.29, 1.82) is 0 Å². The topological polar surface area (TPSA) is 104 Å². The first-order chi connectivity index (χ1) is 8.86. The van der Waals surface area contributed by atoms with Gasteiger partial charge >= 0.3 is 0 Å². The zero-order valence-electron chi connectivity index (χ0n) is 9.17. The third kappa shape index (κ3) is 2.29. The Morgan fingerprint density at radius 1 is 0.889 bits per heavy atom. The van der Waals surface area contributed by atoms with Crippen LogP contribution in [0, 0.1) is 0 Å². The van der Waals surface area contributed by atoms with E-state index >= 15 is 0 Å². The largest absolute Gasteiger partial charge is 0.410 e. The van der Waals surface area contributed by atoms with Crippen LogP contribution in [-0.2, 0) is 0 Å². The van der Waals surface area contributed by atoms with Crippen LogP contribution in [0.25, 0.3) is 0 Å². The van der Waals surface area contributed by atoms with E-state index in [0.717, 1.165) is 0 Å². The number of hydrogen-bond donors (Lipinski definition) is 2. The highest BCUT2D eigenvalue weighted by molar-refractivity contribution is 6.52. The highest BCUT2D eigenvalue weighted by Gasteiger charge is 2.18. The van der Waals surface area contributed by atoms with E-state index in [-0.39, 0.29) is 17.1 Å². The van der Waals surface area contributed by atoms with E-state index in [2.05, 4.69) is 25.3 Å². The van der Waals surface area contributed by atoms with Crippen molar-refractivity contribution >= 4 is 11.4 Å². The Labute approximate surface area is 102 Å². The fraction of sp³-hybridized carbons (Fsp3) is 0. The van der Waals surface area contributed by atoms with Gasteiger partial charge in [-0.3, -0.25) is 15.0 Å². The number of oxime groups is 2. The standard InChI is InChI=1S/C11H9N5O2/c17-15-10(8-3-1-2-4-13-8)11(16-18)9-7-12-5-6-14-9/h1-7,17-18H. The molecule has 0 unspecified atom stereocenters. The summed E-state index contributed by atoms with van der Waals surface area (Å²) in [6.45, 7) is 0. The predicted octanol–water partition coefficient (Wildman–Crippen LogP) is 0.928. The summed E-state index contributed by atoms with van der Waals surface area (Å²) in [5.74, 6) is 0. The zero-order valence-corrected chi connectivity index (χ0v) is 9.17. The summed E-state index contributed by atoms with van der Waals surface area (Å²) < 4.78 is 0. The average molecular weight is 243 g/mol. The molecule has 90 valence electrons. The number of aromatic nitrogens is 3. The summed E-state index contributed by atoms with van der Waals surface area (Å²) in [5, 5.41) is 24.3. The molecule has 2 aromatic rings. The monoisotopic (exact) mass is 243 g/mol. The van der Waals surface area contributed by atoms with Gasteiger partial charge in [0.1, 0.15) is 5.69 Å². The van der Waals surface area contributed by atoms with Crippen LogP contribution < -0.4 is 0 Å². The second-order valence-electron chi connectivity index (χ2n) is 3.20. The predicted molar refractivity (Wildman–Crippen MR) is 62.9 cm³/mol. The van der Waals surface area contributed by atoms with Gasteiger partial charge in [0.15, 0.2) is 11.4 Å². The fourth-order valence-electron chi connectivity index (χ4n) is 1.36. The minimum atomic E-state index is -0.00991. The number of rotatable bonds is 3. The molecule has 0 saturated heterocycles. The lowest BCUT2D eigenvalue weighted by atomic mass is 10.1. The Morgan fingerprint density at radius 3 is 2.17 bits per heavy atom. The van der Waals surface area contributed by atoms with Gasteiger partial charge in [0.2, 0.25) is 0 Å². The SMILES string of the molecule is ON=C(C(=NO)c1cnccn1)c1ccccn1. The van der Waals surface area contributed by atoms with Crippen LogP contribution in [0.2, 0.25) is 0 Å². The summed E-state index contributed by atoms with van der Waals surface area (Å²) in [6, 6.07) is 5.06. The summed E-state index contributed by atoms with van der Waals surface area (Å²) in [4.78, 5) is 11.8. The van der Waals surface area contributed by atoms with Crippen molar-refractivity contribution in [1.82, 2.24) is 15.0 Å². The van der Waals surface area contributed by atoms with Crippen molar-refractivity contribution < 1.29 is 10.4 Å². The maximum absolute atomic E-state index is 9.05. The van der Waals surface area contributed by atoms with Crippen LogP contribution in [0.5, 0.6) is 0 Å². The van der Waals surface area contributed by atoms with E-state index in [0.29, 0.717) is 5.69 Å². The van der Waals surface area contributed by atoms with E-state index < -0.39 is 0 Å². The molecule has 0 saturated carbocycles. The lowest BCUT2D eigenvalue weighted by Crippen LogP contribution is -2.20. The number of hydrogen-bond acceptors (Lipinski definition) is 7. The van der Waals surface area contributed by atoms with Gasteiger partial charge in [-0.1, -0.05) is 16.4 Å². The van der Waals surface area contributed by atoms with Crippen molar-refractivity contribution in [2.75, 3.05) is 0 Å². The summed E-state index contributed by atoms with van der Waals surface area (Å²) >= 11 is 0. The number of nitrogens with zero attached hydrogens (tertiary/aromatic N) is 5. The van der Waals surface area contributed by atoms with Crippen LogP contribution in [0.3, 0.4) is 0 Å². The third-order valence-corrected chi connectivity index (χ3v) is 2.14. The molecule has 0 aromatic carbocycles. The Hall–Kier alpha value is -2.83. The number of pyridine rings is 1. The van der Waals surface area contributed by atoms with Crippen LogP contribution in [-0.4, -0.2) is 36.8 Å². The molecule has 0 aliphatic heterocycles. The molecule has 7 nitrogen and oxygen atoms in total. The summed E-state index contributed by atoms with van der Waals surface area (Å²) in [5.41, 5.74) is 0.639. The van der Waals surface area contributed by atoms with Gasteiger partial charge in [-0.05, 0) is 12.1 Å². The molecule has 0 fully saturated rings. The summed E-state index contributed by atoms with van der Waals surface area (Å²) in [6.07, 6.45) is 5.85. The minimum absolute atomic E-state index is 0.00991. The van der Waals surface area contributed by atoms with Crippen molar-refractivity contribution in [3.05, 3.63) is 54.4 Å². The van der Waals surface area contributed by atoms with Gasteiger partial charge in [-0.25, -0.2) is 0 Å². The van der Waals surface area contributed by atoms with Gasteiger partial charge in [0.25, 0.3) is 0 Å². The average Bonchev–Trinajstić information content (AvgIpc) is 2.46. The first-order valence-corrected chi connectivity index (χ1v) is 4.99. The molecule has 2 aromatic heterocycles. The molecular formula is C11H9N5O2. The van der Waals surface area contributed by atoms with E-state index in [1.807, 2.05) is 0 Å². The molecular weight excluding hydrogens is 234 g/mol. The molecule has 7 heteroatoms. The van der Waals surface area contributed by atoms with Gasteiger partial charge in [-0.15, -0.1) is 0 Å². The molecule has 2 N–H and O–H groups in total. The van der Waals surface area contributed by atoms with E-state index in [1.165, 1.54) is 24.8 Å². The minimum Gasteiger partial charge on any atom is -0.410 e. The molecule has 2 rings (SSSR count). The molecule has 0 aliphatic carbocycles. The molecule has 0 amide bonds. The Morgan fingerprint density at radius 2 is 1.61 bits per heavy atom. The first-order valence-electron chi connectivity index (χ1n) is 4.99. The highest BCUT2D eigenvalue weighted by Crippen LogP contribution is 2.04. The molecule has 0 atom stereocenters. The second-order valence-corrected chi connectivity index (χ2v) is 3.20. The second kappa shape index (κ2) is 5.48. The quantitative estimate of drug-likeness (QED) is 0.474. The lowest BCUT2D eigenvalue weighted by Gasteiger charge is -2.04. The molecule has 0 spiro atoms. The van der Waals surface area contributed by atoms with Gasteiger partial charge in [0.05, 0.1) is 11.9 Å². The Balaban J connectivity index is 2.45. The van der Waals surface area contributed by atoms with E-state index in [1.54, 1.807) is 18.2 Å². The first kappa shape index (κ1) is 11.6. The smallest absolute Gasteiger partial charge is 0.161 e. The van der Waals surface area contributed by atoms with E-state index in [9.17, 15) is 0 Å². The van der Waals surface area contributed by atoms with Gasteiger partial charge in [0, 0.05) is 18.6 Å². The van der Waals surface area contributed by atoms with Crippen LogP contribution >= 0.6 is 0 Å². The van der Waals surface area contributed by atoms with E-state index in [4.69, 9.17) is 10.4 Å². The lowest BCUT2D eigenvalue weighted by molar-refractivity contribution is 0.314. The molecule has 0 radical (unpaired) electrons.